The number of hydrogen-bond acceptors (Lipinski definition) is 6. The summed E-state index contributed by atoms with van der Waals surface area (Å²) in [6.07, 6.45) is 0.621. The third-order valence-electron chi connectivity index (χ3n) is 2.49. The number of nitrogens with zero attached hydrogens (tertiary/aromatic N) is 3. The Labute approximate surface area is 108 Å². The van der Waals surface area contributed by atoms with E-state index >= 15 is 0 Å². The molecule has 4 N–H and O–H groups in total. The zero-order valence-electron chi connectivity index (χ0n) is 9.50. The minimum Gasteiger partial charge on any atom is -0.384 e. The van der Waals surface area contributed by atoms with Gasteiger partial charge in [-0.15, -0.1) is 11.3 Å². The van der Waals surface area contributed by atoms with E-state index in [1.165, 1.54) is 4.70 Å². The Kier molecular flexibility index (Phi) is 2.56. The maximum absolute atomic E-state index is 5.64. The highest BCUT2D eigenvalue weighted by Crippen LogP contribution is 2.23. The largest absolute Gasteiger partial charge is 0.384 e. The quantitative estimate of drug-likeness (QED) is 0.731. The zero-order chi connectivity index (χ0) is 12.5. The van der Waals surface area contributed by atoms with E-state index in [2.05, 4.69) is 21.0 Å². The van der Waals surface area contributed by atoms with Crippen molar-refractivity contribution in [2.75, 3.05) is 11.5 Å². The molecule has 0 aliphatic carbocycles. The van der Waals surface area contributed by atoms with Gasteiger partial charge in [0, 0.05) is 12.5 Å². The lowest BCUT2D eigenvalue weighted by Crippen LogP contribution is -2.03. The third kappa shape index (κ3) is 2.10. The molecule has 0 saturated carbocycles. The highest BCUT2D eigenvalue weighted by molar-refractivity contribution is 7.18. The minimum atomic E-state index is 0.200. The number of nitrogen functional groups attached to an aromatic ring is 2. The number of thiazole rings is 1. The predicted molar refractivity (Wildman–Crippen MR) is 73.3 cm³/mol. The highest BCUT2D eigenvalue weighted by Gasteiger charge is 2.06. The number of aromatic nitrogens is 3. The van der Waals surface area contributed by atoms with Gasteiger partial charge in [-0.25, -0.2) is 9.97 Å². The van der Waals surface area contributed by atoms with Gasteiger partial charge in [0.25, 0.3) is 0 Å². The van der Waals surface area contributed by atoms with Gasteiger partial charge in [0.05, 0.1) is 20.9 Å². The maximum Gasteiger partial charge on any atom is 0.222 e. The van der Waals surface area contributed by atoms with Crippen molar-refractivity contribution < 1.29 is 0 Å². The molecule has 18 heavy (non-hydrogen) atoms. The predicted octanol–water partition coefficient (Wildman–Crippen LogP) is 1.84. The topological polar surface area (TPSA) is 90.7 Å². The average molecular weight is 257 g/mol. The molecule has 2 aromatic heterocycles. The number of benzene rings is 1. The van der Waals surface area contributed by atoms with Gasteiger partial charge in [-0.05, 0) is 12.1 Å². The van der Waals surface area contributed by atoms with Crippen LogP contribution in [0.25, 0.3) is 10.2 Å². The molecule has 3 rings (SSSR count). The lowest BCUT2D eigenvalue weighted by Gasteiger charge is -2.00. The first-order valence-electron chi connectivity index (χ1n) is 5.44. The van der Waals surface area contributed by atoms with Gasteiger partial charge >= 0.3 is 0 Å². The van der Waals surface area contributed by atoms with E-state index in [1.54, 1.807) is 17.4 Å². The Balaban J connectivity index is 1.96. The Hall–Kier alpha value is -2.21. The van der Waals surface area contributed by atoms with E-state index in [4.69, 9.17) is 11.5 Å². The van der Waals surface area contributed by atoms with Crippen molar-refractivity contribution in [2.45, 2.75) is 6.42 Å². The molecule has 0 radical (unpaired) electrons. The van der Waals surface area contributed by atoms with Crippen LogP contribution in [0.1, 0.15) is 10.7 Å². The Morgan fingerprint density at radius 2 is 1.89 bits per heavy atom. The molecule has 0 unspecified atom stereocenters. The van der Waals surface area contributed by atoms with Gasteiger partial charge in [-0.3, -0.25) is 0 Å². The normalized spacial score (nSPS) is 10.9. The molecule has 6 heteroatoms. The van der Waals surface area contributed by atoms with E-state index in [0.29, 0.717) is 12.2 Å². The van der Waals surface area contributed by atoms with Crippen LogP contribution in [-0.4, -0.2) is 15.0 Å². The number of anilines is 2. The zero-order valence-corrected chi connectivity index (χ0v) is 10.3. The molecule has 3 aromatic rings. The second kappa shape index (κ2) is 4.23. The van der Waals surface area contributed by atoms with Crippen LogP contribution in [-0.2, 0) is 6.42 Å². The summed E-state index contributed by atoms with van der Waals surface area (Å²) >= 11 is 1.65. The first kappa shape index (κ1) is 10.9. The van der Waals surface area contributed by atoms with Crippen LogP contribution in [0, 0.1) is 0 Å². The summed E-state index contributed by atoms with van der Waals surface area (Å²) in [5, 5.41) is 0.994. The summed E-state index contributed by atoms with van der Waals surface area (Å²) in [5.74, 6) is 0.588. The molecule has 0 saturated heterocycles. The molecular formula is C12H11N5S. The Bertz CT molecular complexity index is 653. The highest BCUT2D eigenvalue weighted by atomic mass is 32.1. The van der Waals surface area contributed by atoms with Gasteiger partial charge in [0.1, 0.15) is 5.82 Å². The van der Waals surface area contributed by atoms with Crippen molar-refractivity contribution in [2.24, 2.45) is 0 Å². The molecule has 0 fully saturated rings. The smallest absolute Gasteiger partial charge is 0.222 e. The summed E-state index contributed by atoms with van der Waals surface area (Å²) in [7, 11) is 0. The maximum atomic E-state index is 5.64. The lowest BCUT2D eigenvalue weighted by atomic mass is 10.3. The number of para-hydroxylation sites is 1. The van der Waals surface area contributed by atoms with E-state index < -0.39 is 0 Å². The van der Waals surface area contributed by atoms with Crippen LogP contribution in [0.4, 0.5) is 11.8 Å². The lowest BCUT2D eigenvalue weighted by molar-refractivity contribution is 1.03. The molecule has 5 nitrogen and oxygen atoms in total. The summed E-state index contributed by atoms with van der Waals surface area (Å²) in [5.41, 5.74) is 13.0. The fourth-order valence-corrected chi connectivity index (χ4v) is 2.76. The SMILES string of the molecule is Nc1cc(Cc2nc3ccccc3s2)nc(N)n1. The van der Waals surface area contributed by atoms with Crippen molar-refractivity contribution in [3.05, 3.63) is 41.0 Å². The first-order valence-corrected chi connectivity index (χ1v) is 6.26. The number of fused-ring (bicyclic) bond motifs is 1. The van der Waals surface area contributed by atoms with Gasteiger partial charge < -0.3 is 11.5 Å². The molecule has 1 aromatic carbocycles. The van der Waals surface area contributed by atoms with Gasteiger partial charge in [0.15, 0.2) is 0 Å². The van der Waals surface area contributed by atoms with Crippen LogP contribution in [0.15, 0.2) is 30.3 Å². The number of rotatable bonds is 2. The first-order chi connectivity index (χ1) is 8.70. The Morgan fingerprint density at radius 3 is 2.67 bits per heavy atom. The molecule has 0 aliphatic heterocycles. The van der Waals surface area contributed by atoms with E-state index in [-0.39, 0.29) is 5.95 Å². The second-order valence-corrected chi connectivity index (χ2v) is 5.01. The summed E-state index contributed by atoms with van der Waals surface area (Å²) < 4.78 is 1.17. The standard InChI is InChI=1S/C12H11N5S/c13-10-5-7(15-12(14)17-10)6-11-16-8-3-1-2-4-9(8)18-11/h1-5H,6H2,(H4,13,14,15,17). The van der Waals surface area contributed by atoms with Crippen molar-refractivity contribution in [1.29, 1.82) is 0 Å². The van der Waals surface area contributed by atoms with E-state index in [0.717, 1.165) is 16.2 Å². The van der Waals surface area contributed by atoms with Crippen molar-refractivity contribution in [1.82, 2.24) is 15.0 Å². The molecule has 0 amide bonds. The van der Waals surface area contributed by atoms with Gasteiger partial charge in [0.2, 0.25) is 5.95 Å². The summed E-state index contributed by atoms with van der Waals surface area (Å²) in [4.78, 5) is 12.5. The fourth-order valence-electron chi connectivity index (χ4n) is 1.78. The van der Waals surface area contributed by atoms with Crippen LogP contribution in [0.5, 0.6) is 0 Å². The molecule has 0 atom stereocenters. The van der Waals surface area contributed by atoms with Gasteiger partial charge in [-0.1, -0.05) is 12.1 Å². The van der Waals surface area contributed by atoms with E-state index in [1.807, 2.05) is 18.2 Å². The Morgan fingerprint density at radius 1 is 1.06 bits per heavy atom. The minimum absolute atomic E-state index is 0.200. The van der Waals surface area contributed by atoms with Crippen molar-refractivity contribution in [3.8, 4) is 0 Å². The monoisotopic (exact) mass is 257 g/mol. The average Bonchev–Trinajstić information content (AvgIpc) is 2.69. The third-order valence-corrected chi connectivity index (χ3v) is 3.52. The number of nitrogens with two attached hydrogens (primary N) is 2. The van der Waals surface area contributed by atoms with E-state index in [9.17, 15) is 0 Å². The number of hydrogen-bond donors (Lipinski definition) is 2. The molecular weight excluding hydrogens is 246 g/mol. The van der Waals surface area contributed by atoms with Crippen LogP contribution in [0.2, 0.25) is 0 Å². The fraction of sp³-hybridized carbons (Fsp3) is 0.0833. The van der Waals surface area contributed by atoms with Crippen LogP contribution < -0.4 is 11.5 Å². The molecule has 0 aliphatic rings. The van der Waals surface area contributed by atoms with Gasteiger partial charge in [-0.2, -0.15) is 4.98 Å². The van der Waals surface area contributed by atoms with Crippen LogP contribution >= 0.6 is 11.3 Å². The van der Waals surface area contributed by atoms with Crippen molar-refractivity contribution in [3.63, 3.8) is 0 Å². The second-order valence-electron chi connectivity index (χ2n) is 3.89. The molecule has 0 spiro atoms. The van der Waals surface area contributed by atoms with Crippen LogP contribution in [0.3, 0.4) is 0 Å². The molecule has 0 bridgehead atoms. The van der Waals surface area contributed by atoms with Crippen molar-refractivity contribution >= 4 is 33.3 Å². The molecule has 2 heterocycles. The summed E-state index contributed by atoms with van der Waals surface area (Å²) in [6, 6.07) is 9.76. The molecule has 90 valence electrons. The summed E-state index contributed by atoms with van der Waals surface area (Å²) in [6.45, 7) is 0.